The number of hydrogen-bond acceptors (Lipinski definition) is 3. The van der Waals surface area contributed by atoms with E-state index in [1.807, 2.05) is 12.1 Å². The number of rotatable bonds is 2. The van der Waals surface area contributed by atoms with Crippen molar-refractivity contribution in [2.75, 3.05) is 12.1 Å². The van der Waals surface area contributed by atoms with Gasteiger partial charge in [0.25, 0.3) is 0 Å². The molecule has 1 atom stereocenters. The Morgan fingerprint density at radius 2 is 2.00 bits per heavy atom. The Morgan fingerprint density at radius 3 is 2.67 bits per heavy atom. The molecule has 1 aromatic carbocycles. The summed E-state index contributed by atoms with van der Waals surface area (Å²) >= 11 is 6.26. The van der Waals surface area contributed by atoms with E-state index in [2.05, 4.69) is 19.2 Å². The number of hydrogen-bond donors (Lipinski definition) is 1. The summed E-state index contributed by atoms with van der Waals surface area (Å²) < 4.78 is 10.7. The molecule has 1 aliphatic heterocycles. The van der Waals surface area contributed by atoms with E-state index >= 15 is 0 Å². The highest BCUT2D eigenvalue weighted by Crippen LogP contribution is 2.42. The minimum atomic E-state index is 0.283. The summed E-state index contributed by atoms with van der Waals surface area (Å²) in [5, 5.41) is 4.23. The van der Waals surface area contributed by atoms with Gasteiger partial charge in [-0.25, -0.2) is 0 Å². The zero-order chi connectivity index (χ0) is 12.8. The van der Waals surface area contributed by atoms with Crippen molar-refractivity contribution >= 4 is 17.3 Å². The second-order valence-electron chi connectivity index (χ2n) is 5.93. The first-order valence-electron chi connectivity index (χ1n) is 6.39. The van der Waals surface area contributed by atoms with E-state index in [4.69, 9.17) is 21.1 Å². The van der Waals surface area contributed by atoms with Crippen LogP contribution in [0, 0.1) is 5.41 Å². The summed E-state index contributed by atoms with van der Waals surface area (Å²) in [6, 6.07) is 4.26. The third-order valence-electron chi connectivity index (χ3n) is 3.79. The molecule has 98 valence electrons. The van der Waals surface area contributed by atoms with E-state index in [0.717, 1.165) is 17.2 Å². The van der Waals surface area contributed by atoms with Crippen molar-refractivity contribution in [1.82, 2.24) is 0 Å². The van der Waals surface area contributed by atoms with Crippen LogP contribution in [-0.4, -0.2) is 12.8 Å². The minimum Gasteiger partial charge on any atom is -0.454 e. The number of halogens is 1. The van der Waals surface area contributed by atoms with Crippen molar-refractivity contribution in [1.29, 1.82) is 0 Å². The molecule has 0 bridgehead atoms. The fraction of sp³-hybridized carbons (Fsp3) is 0.571. The Labute approximate surface area is 112 Å². The molecule has 1 saturated carbocycles. The maximum Gasteiger partial charge on any atom is 0.231 e. The third kappa shape index (κ3) is 2.24. The lowest BCUT2D eigenvalue weighted by atomic mass is 9.92. The molecule has 0 spiro atoms. The van der Waals surface area contributed by atoms with Gasteiger partial charge in [-0.15, -0.1) is 0 Å². The Kier molecular flexibility index (Phi) is 2.81. The first-order chi connectivity index (χ1) is 8.53. The summed E-state index contributed by atoms with van der Waals surface area (Å²) in [7, 11) is 0. The molecule has 3 nitrogen and oxygen atoms in total. The van der Waals surface area contributed by atoms with Crippen LogP contribution >= 0.6 is 11.6 Å². The maximum atomic E-state index is 6.26. The average Bonchev–Trinajstić information content (AvgIpc) is 2.85. The van der Waals surface area contributed by atoms with Gasteiger partial charge >= 0.3 is 0 Å². The number of anilines is 1. The van der Waals surface area contributed by atoms with Crippen LogP contribution in [0.4, 0.5) is 5.69 Å². The summed E-state index contributed by atoms with van der Waals surface area (Å²) in [6.45, 7) is 4.91. The highest BCUT2D eigenvalue weighted by Gasteiger charge is 2.31. The predicted molar refractivity (Wildman–Crippen MR) is 72.6 cm³/mol. The normalized spacial score (nSPS) is 24.3. The molecule has 2 aliphatic rings. The Morgan fingerprint density at radius 1 is 1.28 bits per heavy atom. The van der Waals surface area contributed by atoms with Crippen LogP contribution in [0.15, 0.2) is 12.1 Å². The van der Waals surface area contributed by atoms with E-state index in [-0.39, 0.29) is 6.79 Å². The van der Waals surface area contributed by atoms with Crippen molar-refractivity contribution in [3.63, 3.8) is 0 Å². The smallest absolute Gasteiger partial charge is 0.231 e. The van der Waals surface area contributed by atoms with Crippen molar-refractivity contribution < 1.29 is 9.47 Å². The van der Waals surface area contributed by atoms with Crippen molar-refractivity contribution in [2.24, 2.45) is 5.41 Å². The van der Waals surface area contributed by atoms with Crippen LogP contribution in [0.2, 0.25) is 5.02 Å². The average molecular weight is 268 g/mol. The van der Waals surface area contributed by atoms with E-state index in [0.29, 0.717) is 16.5 Å². The van der Waals surface area contributed by atoms with Gasteiger partial charge in [-0.2, -0.15) is 0 Å². The van der Waals surface area contributed by atoms with E-state index in [9.17, 15) is 0 Å². The summed E-state index contributed by atoms with van der Waals surface area (Å²) in [6.07, 6.45) is 3.63. The topological polar surface area (TPSA) is 30.5 Å². The molecule has 4 heteroatoms. The highest BCUT2D eigenvalue weighted by molar-refractivity contribution is 6.33. The number of fused-ring (bicyclic) bond motifs is 1. The third-order valence-corrected chi connectivity index (χ3v) is 4.10. The molecule has 1 heterocycles. The predicted octanol–water partition coefficient (Wildman–Crippen LogP) is 4.06. The number of benzene rings is 1. The molecule has 3 rings (SSSR count). The van der Waals surface area contributed by atoms with Crippen LogP contribution in [0.1, 0.15) is 33.1 Å². The van der Waals surface area contributed by atoms with Crippen LogP contribution in [0.25, 0.3) is 0 Å². The standard InChI is InChI=1S/C14H18ClNO2/c1-14(2)4-3-9(7-14)16-11-6-13-12(5-10(11)15)17-8-18-13/h5-6,9,16H,3-4,7-8H2,1-2H3. The molecule has 0 radical (unpaired) electrons. The molecule has 0 amide bonds. The molecule has 0 aromatic heterocycles. The van der Waals surface area contributed by atoms with Gasteiger partial charge in [-0.05, 0) is 24.7 Å². The summed E-state index contributed by atoms with van der Waals surface area (Å²) in [4.78, 5) is 0. The molecule has 1 unspecified atom stereocenters. The first kappa shape index (κ1) is 12.0. The molecule has 1 aromatic rings. The quantitative estimate of drug-likeness (QED) is 0.877. The van der Waals surface area contributed by atoms with Crippen molar-refractivity contribution in [2.45, 2.75) is 39.2 Å². The fourth-order valence-corrected chi connectivity index (χ4v) is 3.02. The monoisotopic (exact) mass is 267 g/mol. The van der Waals surface area contributed by atoms with Gasteiger partial charge in [0.05, 0.1) is 10.7 Å². The van der Waals surface area contributed by atoms with Gasteiger partial charge < -0.3 is 14.8 Å². The van der Waals surface area contributed by atoms with Crippen LogP contribution < -0.4 is 14.8 Å². The van der Waals surface area contributed by atoms with Crippen LogP contribution in [-0.2, 0) is 0 Å². The Bertz CT molecular complexity index is 473. The van der Waals surface area contributed by atoms with Gasteiger partial charge in [0, 0.05) is 18.2 Å². The molecule has 0 saturated heterocycles. The highest BCUT2D eigenvalue weighted by atomic mass is 35.5. The van der Waals surface area contributed by atoms with Crippen LogP contribution in [0.3, 0.4) is 0 Å². The van der Waals surface area contributed by atoms with Gasteiger partial charge in [0.15, 0.2) is 11.5 Å². The molecular weight excluding hydrogens is 250 g/mol. The summed E-state index contributed by atoms with van der Waals surface area (Å²) in [5.74, 6) is 1.51. The molecular formula is C14H18ClNO2. The van der Waals surface area contributed by atoms with Gasteiger partial charge in [-0.1, -0.05) is 25.4 Å². The van der Waals surface area contributed by atoms with E-state index < -0.39 is 0 Å². The first-order valence-corrected chi connectivity index (χ1v) is 6.77. The second-order valence-corrected chi connectivity index (χ2v) is 6.34. The molecule has 1 fully saturated rings. The zero-order valence-corrected chi connectivity index (χ0v) is 11.5. The number of nitrogens with one attached hydrogen (secondary N) is 1. The summed E-state index contributed by atoms with van der Waals surface area (Å²) in [5.41, 5.74) is 1.38. The maximum absolute atomic E-state index is 6.26. The largest absolute Gasteiger partial charge is 0.454 e. The molecule has 1 aliphatic carbocycles. The van der Waals surface area contributed by atoms with Crippen LogP contribution in [0.5, 0.6) is 11.5 Å². The van der Waals surface area contributed by atoms with Crippen molar-refractivity contribution in [3.8, 4) is 11.5 Å². The Hall–Kier alpha value is -1.09. The zero-order valence-electron chi connectivity index (χ0n) is 10.8. The molecule has 1 N–H and O–H groups in total. The minimum absolute atomic E-state index is 0.283. The number of ether oxygens (including phenoxy) is 2. The molecule has 18 heavy (non-hydrogen) atoms. The fourth-order valence-electron chi connectivity index (χ4n) is 2.81. The van der Waals surface area contributed by atoms with Gasteiger partial charge in [0.1, 0.15) is 0 Å². The SMILES string of the molecule is CC1(C)CCC(Nc2cc3c(cc2Cl)OCO3)C1. The lowest BCUT2D eigenvalue weighted by molar-refractivity contribution is 0.174. The van der Waals surface area contributed by atoms with Gasteiger partial charge in [0.2, 0.25) is 6.79 Å². The van der Waals surface area contributed by atoms with E-state index in [1.54, 1.807) is 0 Å². The lowest BCUT2D eigenvalue weighted by Crippen LogP contribution is -2.17. The van der Waals surface area contributed by atoms with Crippen molar-refractivity contribution in [3.05, 3.63) is 17.2 Å². The second kappa shape index (κ2) is 4.23. The lowest BCUT2D eigenvalue weighted by Gasteiger charge is -2.19. The Balaban J connectivity index is 1.77. The van der Waals surface area contributed by atoms with Gasteiger partial charge in [-0.3, -0.25) is 0 Å². The van der Waals surface area contributed by atoms with E-state index in [1.165, 1.54) is 19.3 Å².